The van der Waals surface area contributed by atoms with Crippen LogP contribution in [0.2, 0.25) is 0 Å². The summed E-state index contributed by atoms with van der Waals surface area (Å²) in [6.45, 7) is 5.78. The van der Waals surface area contributed by atoms with Crippen molar-refractivity contribution in [2.75, 3.05) is 12.3 Å². The van der Waals surface area contributed by atoms with Crippen LogP contribution >= 0.6 is 0 Å². The Morgan fingerprint density at radius 1 is 1.60 bits per heavy atom. The highest BCUT2D eigenvalue weighted by molar-refractivity contribution is 5.99. The standard InChI is InChI=1S/C11H13FN2O/c1-7(2)6-14-11(15)8-4-3-5-9(12)10(8)13/h3-5H,1,6,13H2,2H3,(H,14,15). The molecule has 15 heavy (non-hydrogen) atoms. The van der Waals surface area contributed by atoms with E-state index in [9.17, 15) is 9.18 Å². The minimum absolute atomic E-state index is 0.128. The van der Waals surface area contributed by atoms with E-state index < -0.39 is 11.7 Å². The molecular weight excluding hydrogens is 195 g/mol. The molecule has 0 unspecified atom stereocenters. The van der Waals surface area contributed by atoms with Crippen molar-refractivity contribution in [1.82, 2.24) is 5.32 Å². The highest BCUT2D eigenvalue weighted by Gasteiger charge is 2.11. The Morgan fingerprint density at radius 2 is 2.27 bits per heavy atom. The van der Waals surface area contributed by atoms with Crippen LogP contribution in [0.25, 0.3) is 0 Å². The van der Waals surface area contributed by atoms with E-state index in [2.05, 4.69) is 11.9 Å². The van der Waals surface area contributed by atoms with Gasteiger partial charge in [-0.05, 0) is 19.1 Å². The van der Waals surface area contributed by atoms with Crippen molar-refractivity contribution in [2.24, 2.45) is 0 Å². The van der Waals surface area contributed by atoms with Crippen LogP contribution in [0.1, 0.15) is 17.3 Å². The van der Waals surface area contributed by atoms with Crippen LogP contribution in [0.3, 0.4) is 0 Å². The number of carbonyl (C=O) groups is 1. The van der Waals surface area contributed by atoms with E-state index in [1.807, 2.05) is 0 Å². The highest BCUT2D eigenvalue weighted by atomic mass is 19.1. The van der Waals surface area contributed by atoms with Crippen LogP contribution in [0, 0.1) is 5.82 Å². The number of amides is 1. The summed E-state index contributed by atoms with van der Waals surface area (Å²) in [5.41, 5.74) is 6.27. The maximum atomic E-state index is 13.0. The second-order valence-electron chi connectivity index (χ2n) is 3.34. The molecule has 0 radical (unpaired) electrons. The monoisotopic (exact) mass is 208 g/mol. The van der Waals surface area contributed by atoms with Crippen molar-refractivity contribution in [1.29, 1.82) is 0 Å². The fraction of sp³-hybridized carbons (Fsp3) is 0.182. The minimum Gasteiger partial charge on any atom is -0.396 e. The maximum Gasteiger partial charge on any atom is 0.253 e. The predicted molar refractivity (Wildman–Crippen MR) is 58.0 cm³/mol. The topological polar surface area (TPSA) is 55.1 Å². The third kappa shape index (κ3) is 2.80. The van der Waals surface area contributed by atoms with E-state index in [0.29, 0.717) is 6.54 Å². The van der Waals surface area contributed by atoms with E-state index in [0.717, 1.165) is 5.57 Å². The van der Waals surface area contributed by atoms with Crippen LogP contribution in [-0.4, -0.2) is 12.5 Å². The van der Waals surface area contributed by atoms with Gasteiger partial charge in [0.1, 0.15) is 5.82 Å². The number of nitrogen functional groups attached to an aromatic ring is 1. The fourth-order valence-electron chi connectivity index (χ4n) is 1.06. The molecule has 1 amide bonds. The molecular formula is C11H13FN2O. The second-order valence-corrected chi connectivity index (χ2v) is 3.34. The minimum atomic E-state index is -0.585. The number of hydrogen-bond acceptors (Lipinski definition) is 2. The van der Waals surface area contributed by atoms with E-state index in [1.165, 1.54) is 18.2 Å². The number of benzene rings is 1. The summed E-state index contributed by atoms with van der Waals surface area (Å²) in [4.78, 5) is 11.5. The van der Waals surface area contributed by atoms with Gasteiger partial charge in [0.15, 0.2) is 0 Å². The summed E-state index contributed by atoms with van der Waals surface area (Å²) >= 11 is 0. The molecule has 0 atom stereocenters. The summed E-state index contributed by atoms with van der Waals surface area (Å²) in [5, 5.41) is 2.58. The number of carbonyl (C=O) groups excluding carboxylic acids is 1. The Bertz CT molecular complexity index is 402. The van der Waals surface area contributed by atoms with Crippen LogP contribution in [0.4, 0.5) is 10.1 Å². The highest BCUT2D eigenvalue weighted by Crippen LogP contribution is 2.15. The van der Waals surface area contributed by atoms with Gasteiger partial charge >= 0.3 is 0 Å². The number of para-hydroxylation sites is 1. The Hall–Kier alpha value is -1.84. The van der Waals surface area contributed by atoms with Crippen LogP contribution in [0.15, 0.2) is 30.4 Å². The molecule has 0 aliphatic heterocycles. The number of halogens is 1. The lowest BCUT2D eigenvalue weighted by Crippen LogP contribution is -2.25. The van der Waals surface area contributed by atoms with Crippen molar-refractivity contribution in [3.8, 4) is 0 Å². The Morgan fingerprint density at radius 3 is 2.87 bits per heavy atom. The number of nitrogens with one attached hydrogen (secondary N) is 1. The molecule has 0 spiro atoms. The molecule has 0 saturated carbocycles. The number of anilines is 1. The number of rotatable bonds is 3. The molecule has 4 heteroatoms. The molecule has 0 saturated heterocycles. The van der Waals surface area contributed by atoms with Crippen molar-refractivity contribution in [2.45, 2.75) is 6.92 Å². The van der Waals surface area contributed by atoms with Gasteiger partial charge in [0.05, 0.1) is 11.3 Å². The summed E-state index contributed by atoms with van der Waals surface area (Å²) in [7, 11) is 0. The number of nitrogens with two attached hydrogens (primary N) is 1. The molecule has 0 aliphatic carbocycles. The van der Waals surface area contributed by atoms with Gasteiger partial charge in [-0.25, -0.2) is 4.39 Å². The predicted octanol–water partition coefficient (Wildman–Crippen LogP) is 1.71. The number of hydrogen-bond donors (Lipinski definition) is 2. The zero-order chi connectivity index (χ0) is 11.4. The Labute approximate surface area is 87.8 Å². The van der Waals surface area contributed by atoms with Gasteiger partial charge < -0.3 is 11.1 Å². The summed E-state index contributed by atoms with van der Waals surface area (Å²) in [6.07, 6.45) is 0. The zero-order valence-electron chi connectivity index (χ0n) is 8.51. The first-order chi connectivity index (χ1) is 7.02. The molecule has 0 aromatic heterocycles. The molecule has 1 rings (SSSR count). The third-order valence-electron chi connectivity index (χ3n) is 1.85. The summed E-state index contributed by atoms with van der Waals surface area (Å²) in [5.74, 6) is -0.979. The normalized spacial score (nSPS) is 9.73. The molecule has 3 nitrogen and oxygen atoms in total. The molecule has 0 aliphatic rings. The van der Waals surface area contributed by atoms with Gasteiger partial charge in [-0.1, -0.05) is 18.2 Å². The van der Waals surface area contributed by atoms with Gasteiger partial charge in [-0.15, -0.1) is 0 Å². The first kappa shape index (κ1) is 11.2. The van der Waals surface area contributed by atoms with Gasteiger partial charge in [-0.2, -0.15) is 0 Å². The lowest BCUT2D eigenvalue weighted by Gasteiger charge is -2.07. The molecule has 0 fully saturated rings. The van der Waals surface area contributed by atoms with Crippen LogP contribution < -0.4 is 11.1 Å². The quantitative estimate of drug-likeness (QED) is 0.587. The smallest absolute Gasteiger partial charge is 0.253 e. The van der Waals surface area contributed by atoms with Crippen LogP contribution in [-0.2, 0) is 0 Å². The molecule has 3 N–H and O–H groups in total. The van der Waals surface area contributed by atoms with E-state index in [-0.39, 0.29) is 11.3 Å². The molecule has 1 aromatic rings. The van der Waals surface area contributed by atoms with Gasteiger partial charge in [0.2, 0.25) is 0 Å². The summed E-state index contributed by atoms with van der Waals surface area (Å²) in [6, 6.07) is 4.14. The van der Waals surface area contributed by atoms with Gasteiger partial charge in [0, 0.05) is 6.54 Å². The summed E-state index contributed by atoms with van der Waals surface area (Å²) < 4.78 is 13.0. The average Bonchev–Trinajstić information content (AvgIpc) is 2.18. The Balaban J connectivity index is 2.82. The van der Waals surface area contributed by atoms with Crippen molar-refractivity contribution in [3.63, 3.8) is 0 Å². The van der Waals surface area contributed by atoms with Gasteiger partial charge in [0.25, 0.3) is 5.91 Å². The molecule has 0 bridgehead atoms. The molecule has 0 heterocycles. The molecule has 1 aromatic carbocycles. The van der Waals surface area contributed by atoms with E-state index >= 15 is 0 Å². The SMILES string of the molecule is C=C(C)CNC(=O)c1cccc(F)c1N. The lowest BCUT2D eigenvalue weighted by molar-refractivity contribution is 0.0957. The maximum absolute atomic E-state index is 13.0. The largest absolute Gasteiger partial charge is 0.396 e. The average molecular weight is 208 g/mol. The molecule has 80 valence electrons. The van der Waals surface area contributed by atoms with Crippen molar-refractivity contribution < 1.29 is 9.18 Å². The van der Waals surface area contributed by atoms with E-state index in [1.54, 1.807) is 6.92 Å². The van der Waals surface area contributed by atoms with Crippen molar-refractivity contribution in [3.05, 3.63) is 41.7 Å². The Kier molecular flexibility index (Phi) is 3.44. The first-order valence-electron chi connectivity index (χ1n) is 4.49. The van der Waals surface area contributed by atoms with Crippen molar-refractivity contribution >= 4 is 11.6 Å². The fourth-order valence-corrected chi connectivity index (χ4v) is 1.06. The first-order valence-corrected chi connectivity index (χ1v) is 4.49. The zero-order valence-corrected chi connectivity index (χ0v) is 8.51. The van der Waals surface area contributed by atoms with Crippen LogP contribution in [0.5, 0.6) is 0 Å². The second kappa shape index (κ2) is 4.59. The lowest BCUT2D eigenvalue weighted by atomic mass is 10.1. The van der Waals surface area contributed by atoms with E-state index in [4.69, 9.17) is 5.73 Å². The third-order valence-corrected chi connectivity index (χ3v) is 1.85. The van der Waals surface area contributed by atoms with Gasteiger partial charge in [-0.3, -0.25) is 4.79 Å².